The molecule has 0 aromatic heterocycles. The van der Waals surface area contributed by atoms with Gasteiger partial charge >= 0.3 is 0 Å². The standard InChI is InChI=1S/C27H30N2O3/c1-27(21-10-4-2-5-11-21,22-12-6-3-7-13-22)26(32)28-25(19-29-16-15-24(31)18-29)20-9-8-14-23(30)17-20/h2-14,17,24-25,30-31H,15-16,18-19H2,1H3,(H,28,32)/t24?,25-/m1/s1. The summed E-state index contributed by atoms with van der Waals surface area (Å²) in [6, 6.07) is 26.3. The largest absolute Gasteiger partial charge is 0.508 e. The molecule has 0 bridgehead atoms. The fourth-order valence-electron chi connectivity index (χ4n) is 4.49. The van der Waals surface area contributed by atoms with Gasteiger partial charge in [0.05, 0.1) is 17.6 Å². The number of likely N-dealkylation sites (tertiary alicyclic amines) is 1. The molecule has 3 aromatic rings. The molecule has 0 saturated carbocycles. The third kappa shape index (κ3) is 4.69. The van der Waals surface area contributed by atoms with E-state index in [0.717, 1.165) is 29.7 Å². The van der Waals surface area contributed by atoms with Gasteiger partial charge in [-0.2, -0.15) is 0 Å². The molecule has 1 fully saturated rings. The predicted molar refractivity (Wildman–Crippen MR) is 125 cm³/mol. The summed E-state index contributed by atoms with van der Waals surface area (Å²) in [7, 11) is 0. The molecular formula is C27H30N2O3. The van der Waals surface area contributed by atoms with Crippen molar-refractivity contribution in [3.63, 3.8) is 0 Å². The van der Waals surface area contributed by atoms with E-state index in [-0.39, 0.29) is 23.8 Å². The van der Waals surface area contributed by atoms with Gasteiger partial charge in [-0.3, -0.25) is 9.69 Å². The number of rotatable bonds is 7. The third-order valence-corrected chi connectivity index (χ3v) is 6.42. The number of hydrogen-bond acceptors (Lipinski definition) is 4. The zero-order chi connectivity index (χ0) is 22.6. The SMILES string of the molecule is CC(C(=O)N[C@H](CN1CCC(O)C1)c1cccc(O)c1)(c1ccccc1)c1ccccc1. The second-order valence-electron chi connectivity index (χ2n) is 8.68. The molecule has 1 unspecified atom stereocenters. The molecule has 1 heterocycles. The average Bonchev–Trinajstić information content (AvgIpc) is 3.23. The van der Waals surface area contributed by atoms with Gasteiger partial charge in [0.25, 0.3) is 0 Å². The van der Waals surface area contributed by atoms with Crippen LogP contribution in [0.3, 0.4) is 0 Å². The normalized spacial score (nSPS) is 17.8. The minimum absolute atomic E-state index is 0.108. The summed E-state index contributed by atoms with van der Waals surface area (Å²) in [5, 5.41) is 23.3. The van der Waals surface area contributed by atoms with Crippen molar-refractivity contribution in [2.45, 2.75) is 30.9 Å². The first-order valence-electron chi connectivity index (χ1n) is 11.1. The van der Waals surface area contributed by atoms with Crippen LogP contribution in [-0.2, 0) is 10.2 Å². The van der Waals surface area contributed by atoms with E-state index in [4.69, 9.17) is 0 Å². The molecule has 1 saturated heterocycles. The highest BCUT2D eigenvalue weighted by Gasteiger charge is 2.38. The number of phenols is 1. The van der Waals surface area contributed by atoms with E-state index in [1.54, 1.807) is 18.2 Å². The Balaban J connectivity index is 1.68. The van der Waals surface area contributed by atoms with Crippen LogP contribution >= 0.6 is 0 Å². The van der Waals surface area contributed by atoms with Gasteiger partial charge in [0.2, 0.25) is 5.91 Å². The highest BCUT2D eigenvalue weighted by Crippen LogP contribution is 2.33. The Kier molecular flexibility index (Phi) is 6.58. The molecule has 0 aliphatic carbocycles. The Morgan fingerprint density at radius 1 is 1.03 bits per heavy atom. The zero-order valence-corrected chi connectivity index (χ0v) is 18.3. The Morgan fingerprint density at radius 3 is 2.19 bits per heavy atom. The van der Waals surface area contributed by atoms with Crippen LogP contribution in [0.2, 0.25) is 0 Å². The molecule has 1 aliphatic rings. The molecule has 5 heteroatoms. The average molecular weight is 431 g/mol. The van der Waals surface area contributed by atoms with Crippen molar-refractivity contribution in [2.24, 2.45) is 0 Å². The molecule has 4 rings (SSSR count). The van der Waals surface area contributed by atoms with Crippen LogP contribution in [0.1, 0.15) is 36.1 Å². The molecule has 3 aromatic carbocycles. The van der Waals surface area contributed by atoms with Crippen LogP contribution in [-0.4, -0.2) is 46.8 Å². The third-order valence-electron chi connectivity index (χ3n) is 6.42. The number of phenolic OH excluding ortho intramolecular Hbond substituents is 1. The van der Waals surface area contributed by atoms with E-state index in [9.17, 15) is 15.0 Å². The van der Waals surface area contributed by atoms with Crippen molar-refractivity contribution >= 4 is 5.91 Å². The van der Waals surface area contributed by atoms with Crippen molar-refractivity contribution in [3.8, 4) is 5.75 Å². The maximum Gasteiger partial charge on any atom is 0.235 e. The fraction of sp³-hybridized carbons (Fsp3) is 0.296. The first kappa shape index (κ1) is 22.1. The maximum absolute atomic E-state index is 13.9. The van der Waals surface area contributed by atoms with Crippen LogP contribution < -0.4 is 5.32 Å². The van der Waals surface area contributed by atoms with Crippen LogP contribution in [0, 0.1) is 0 Å². The lowest BCUT2D eigenvalue weighted by Gasteiger charge is -2.33. The molecule has 3 N–H and O–H groups in total. The number of amides is 1. The maximum atomic E-state index is 13.9. The van der Waals surface area contributed by atoms with Crippen molar-refractivity contribution in [3.05, 3.63) is 102 Å². The molecule has 1 amide bonds. The number of carbonyl (C=O) groups is 1. The monoisotopic (exact) mass is 430 g/mol. The zero-order valence-electron chi connectivity index (χ0n) is 18.3. The first-order valence-corrected chi connectivity index (χ1v) is 11.1. The van der Waals surface area contributed by atoms with Crippen LogP contribution in [0.4, 0.5) is 0 Å². The smallest absolute Gasteiger partial charge is 0.235 e. The molecular weight excluding hydrogens is 400 g/mol. The number of nitrogens with one attached hydrogen (secondary N) is 1. The van der Waals surface area contributed by atoms with E-state index in [1.807, 2.05) is 73.7 Å². The molecule has 2 atom stereocenters. The van der Waals surface area contributed by atoms with E-state index in [1.165, 1.54) is 0 Å². The molecule has 1 aliphatic heterocycles. The van der Waals surface area contributed by atoms with Gasteiger partial charge in [0, 0.05) is 19.6 Å². The Morgan fingerprint density at radius 2 is 1.66 bits per heavy atom. The predicted octanol–water partition coefficient (Wildman–Crippen LogP) is 3.62. The summed E-state index contributed by atoms with van der Waals surface area (Å²) in [5.41, 5.74) is 1.77. The first-order chi connectivity index (χ1) is 15.5. The Labute approximate surface area is 189 Å². The summed E-state index contributed by atoms with van der Waals surface area (Å²) in [6.07, 6.45) is 0.390. The number of nitrogens with zero attached hydrogens (tertiary/aromatic N) is 1. The minimum Gasteiger partial charge on any atom is -0.508 e. The van der Waals surface area contributed by atoms with Gasteiger partial charge < -0.3 is 15.5 Å². The highest BCUT2D eigenvalue weighted by atomic mass is 16.3. The van der Waals surface area contributed by atoms with Crippen LogP contribution in [0.25, 0.3) is 0 Å². The lowest BCUT2D eigenvalue weighted by molar-refractivity contribution is -0.125. The van der Waals surface area contributed by atoms with E-state index >= 15 is 0 Å². The minimum atomic E-state index is -0.887. The fourth-order valence-corrected chi connectivity index (χ4v) is 4.49. The van der Waals surface area contributed by atoms with E-state index in [2.05, 4.69) is 10.2 Å². The number of carbonyl (C=O) groups excluding carboxylic acids is 1. The number of hydrogen-bond donors (Lipinski definition) is 3. The summed E-state index contributed by atoms with van der Waals surface area (Å²) in [6.45, 7) is 3.87. The summed E-state index contributed by atoms with van der Waals surface area (Å²) < 4.78 is 0. The van der Waals surface area contributed by atoms with Crippen molar-refractivity contribution in [2.75, 3.05) is 19.6 Å². The lowest BCUT2D eigenvalue weighted by atomic mass is 9.75. The second kappa shape index (κ2) is 9.55. The van der Waals surface area contributed by atoms with Gasteiger partial charge in [-0.1, -0.05) is 72.8 Å². The summed E-state index contributed by atoms with van der Waals surface area (Å²) >= 11 is 0. The van der Waals surface area contributed by atoms with E-state index < -0.39 is 5.41 Å². The van der Waals surface area contributed by atoms with Crippen molar-refractivity contribution in [1.82, 2.24) is 10.2 Å². The quantitative estimate of drug-likeness (QED) is 0.535. The topological polar surface area (TPSA) is 72.8 Å². The molecule has 32 heavy (non-hydrogen) atoms. The van der Waals surface area contributed by atoms with Gasteiger partial charge in [-0.05, 0) is 42.2 Å². The second-order valence-corrected chi connectivity index (χ2v) is 8.68. The van der Waals surface area contributed by atoms with Gasteiger partial charge in [0.1, 0.15) is 5.75 Å². The van der Waals surface area contributed by atoms with Crippen LogP contribution in [0.5, 0.6) is 5.75 Å². The highest BCUT2D eigenvalue weighted by molar-refractivity contribution is 5.92. The number of aliphatic hydroxyl groups excluding tert-OH is 1. The van der Waals surface area contributed by atoms with Gasteiger partial charge in [0.15, 0.2) is 0 Å². The van der Waals surface area contributed by atoms with Gasteiger partial charge in [-0.25, -0.2) is 0 Å². The summed E-state index contributed by atoms with van der Waals surface area (Å²) in [4.78, 5) is 16.1. The van der Waals surface area contributed by atoms with E-state index in [0.29, 0.717) is 13.1 Å². The number of aromatic hydroxyl groups is 1. The van der Waals surface area contributed by atoms with Crippen molar-refractivity contribution < 1.29 is 15.0 Å². The van der Waals surface area contributed by atoms with Gasteiger partial charge in [-0.15, -0.1) is 0 Å². The number of aliphatic hydroxyl groups is 1. The Bertz CT molecular complexity index is 1000. The summed E-state index contributed by atoms with van der Waals surface area (Å²) in [5.74, 6) is 0.0556. The number of benzene rings is 3. The van der Waals surface area contributed by atoms with Crippen LogP contribution in [0.15, 0.2) is 84.9 Å². The number of β-amino-alcohol motifs (C(OH)–C–C–N with tert-alkyl or cyclic N) is 1. The van der Waals surface area contributed by atoms with Crippen molar-refractivity contribution in [1.29, 1.82) is 0 Å². The lowest BCUT2D eigenvalue weighted by Crippen LogP contribution is -2.47. The Hall–Kier alpha value is -3.15. The molecule has 0 radical (unpaired) electrons. The molecule has 0 spiro atoms. The molecule has 5 nitrogen and oxygen atoms in total. The molecule has 166 valence electrons.